The first kappa shape index (κ1) is 27.4. The zero-order chi connectivity index (χ0) is 29.9. The number of non-ortho nitro benzene ring substituents is 2. The smallest absolute Gasteiger partial charge is 0.269 e. The quantitative estimate of drug-likeness (QED) is 0.102. The lowest BCUT2D eigenvalue weighted by Gasteiger charge is -2.21. The fraction of sp³-hybridized carbons (Fsp3) is 0. The number of furan rings is 1. The minimum Gasteiger partial charge on any atom is -0.457 e. The van der Waals surface area contributed by atoms with Gasteiger partial charge in [0.25, 0.3) is 17.3 Å². The molecule has 9 nitrogen and oxygen atoms in total. The van der Waals surface area contributed by atoms with E-state index >= 15 is 0 Å². The molecular weight excluding hydrogens is 566 g/mol. The second-order valence-electron chi connectivity index (χ2n) is 9.49. The fourth-order valence-electron chi connectivity index (χ4n) is 4.61. The number of carbonyl (C=O) groups is 1. The van der Waals surface area contributed by atoms with Crippen molar-refractivity contribution >= 4 is 46.5 Å². The van der Waals surface area contributed by atoms with E-state index < -0.39 is 9.85 Å². The molecule has 0 aliphatic carbocycles. The number of rotatable bonds is 8. The van der Waals surface area contributed by atoms with Gasteiger partial charge in [-0.1, -0.05) is 42.1 Å². The molecule has 0 bridgehead atoms. The highest BCUT2D eigenvalue weighted by Gasteiger charge is 2.30. The van der Waals surface area contributed by atoms with Gasteiger partial charge < -0.3 is 4.42 Å². The van der Waals surface area contributed by atoms with Crippen LogP contribution in [0.5, 0.6) is 0 Å². The summed E-state index contributed by atoms with van der Waals surface area (Å²) >= 11 is 1.46. The maximum Gasteiger partial charge on any atom is 0.269 e. The van der Waals surface area contributed by atoms with E-state index in [4.69, 9.17) is 4.42 Å². The average Bonchev–Trinajstić information content (AvgIpc) is 3.63. The van der Waals surface area contributed by atoms with Crippen LogP contribution in [0.1, 0.15) is 11.3 Å². The molecule has 43 heavy (non-hydrogen) atoms. The largest absolute Gasteiger partial charge is 0.457 e. The molecule has 0 fully saturated rings. The van der Waals surface area contributed by atoms with Gasteiger partial charge in [0.15, 0.2) is 0 Å². The summed E-state index contributed by atoms with van der Waals surface area (Å²) in [5, 5.41) is 21.9. The molecule has 1 aliphatic heterocycles. The molecule has 0 radical (unpaired) electrons. The van der Waals surface area contributed by atoms with Gasteiger partial charge in [-0.25, -0.2) is 0 Å². The number of hydrogen-bond acceptors (Lipinski definition) is 7. The van der Waals surface area contributed by atoms with Crippen LogP contribution in [-0.2, 0) is 4.79 Å². The molecule has 1 amide bonds. The van der Waals surface area contributed by atoms with Crippen molar-refractivity contribution in [2.24, 2.45) is 0 Å². The maximum atomic E-state index is 13.8. The number of nitro groups is 2. The molecule has 6 rings (SSSR count). The SMILES string of the molecule is O=C1/C(=C/c2ccc(-c3ccc([N+](=O)[O-])cc3)o2)C=C(c2ccccc2)N1c1ccc(Sc2ccc([N+](=O)[O-])cc2)cc1. The van der Waals surface area contributed by atoms with Gasteiger partial charge in [-0.3, -0.25) is 29.9 Å². The first-order valence-electron chi connectivity index (χ1n) is 13.1. The molecule has 1 aliphatic rings. The Balaban J connectivity index is 1.27. The molecule has 210 valence electrons. The van der Waals surface area contributed by atoms with Crippen molar-refractivity contribution < 1.29 is 19.1 Å². The Hall–Kier alpha value is -5.74. The number of nitrogens with zero attached hydrogens (tertiary/aromatic N) is 3. The van der Waals surface area contributed by atoms with E-state index in [9.17, 15) is 25.0 Å². The number of carbonyl (C=O) groups excluding carboxylic acids is 1. The lowest BCUT2D eigenvalue weighted by molar-refractivity contribution is -0.385. The summed E-state index contributed by atoms with van der Waals surface area (Å²) in [6.07, 6.45) is 3.50. The van der Waals surface area contributed by atoms with Crippen molar-refractivity contribution in [1.82, 2.24) is 0 Å². The Morgan fingerprint density at radius 2 is 1.26 bits per heavy atom. The second kappa shape index (κ2) is 11.6. The topological polar surface area (TPSA) is 120 Å². The van der Waals surface area contributed by atoms with E-state index in [1.165, 1.54) is 36.0 Å². The normalized spacial score (nSPS) is 13.8. The molecule has 0 saturated heterocycles. The van der Waals surface area contributed by atoms with Crippen molar-refractivity contribution in [3.8, 4) is 11.3 Å². The van der Waals surface area contributed by atoms with Crippen molar-refractivity contribution in [3.05, 3.63) is 158 Å². The molecule has 0 N–H and O–H groups in total. The fourth-order valence-corrected chi connectivity index (χ4v) is 5.43. The Labute approximate surface area is 249 Å². The first-order valence-corrected chi connectivity index (χ1v) is 13.9. The van der Waals surface area contributed by atoms with Crippen LogP contribution in [0, 0.1) is 20.2 Å². The molecule has 0 unspecified atom stereocenters. The van der Waals surface area contributed by atoms with Crippen molar-refractivity contribution in [2.45, 2.75) is 9.79 Å². The predicted octanol–water partition coefficient (Wildman–Crippen LogP) is 8.39. The molecular formula is C33H21N3O6S. The lowest BCUT2D eigenvalue weighted by atomic mass is 10.1. The van der Waals surface area contributed by atoms with Gasteiger partial charge in [0.05, 0.1) is 15.5 Å². The molecule has 5 aromatic rings. The van der Waals surface area contributed by atoms with Crippen LogP contribution >= 0.6 is 11.8 Å². The third kappa shape index (κ3) is 5.85. The number of nitro benzene ring substituents is 2. The summed E-state index contributed by atoms with van der Waals surface area (Å²) in [7, 11) is 0. The van der Waals surface area contributed by atoms with Crippen LogP contribution in [0.4, 0.5) is 17.1 Å². The van der Waals surface area contributed by atoms with Crippen LogP contribution in [0.3, 0.4) is 0 Å². The zero-order valence-corrected chi connectivity index (χ0v) is 23.1. The number of hydrogen-bond donors (Lipinski definition) is 0. The van der Waals surface area contributed by atoms with Gasteiger partial charge in [-0.2, -0.15) is 0 Å². The Morgan fingerprint density at radius 1 is 0.674 bits per heavy atom. The molecule has 2 heterocycles. The second-order valence-corrected chi connectivity index (χ2v) is 10.6. The van der Waals surface area contributed by atoms with E-state index in [2.05, 4.69) is 0 Å². The molecule has 0 spiro atoms. The number of anilines is 1. The lowest BCUT2D eigenvalue weighted by Crippen LogP contribution is -2.24. The predicted molar refractivity (Wildman–Crippen MR) is 164 cm³/mol. The standard InChI is InChI=1S/C33H21N3O6S/c37-33-24(20-28-14-19-32(42-28)23-6-8-26(9-7-23)35(38)39)21-31(22-4-2-1-3-5-22)34(33)25-10-15-29(16-11-25)43-30-17-12-27(13-18-30)36(40)41/h1-21H/b24-20+. The summed E-state index contributed by atoms with van der Waals surface area (Å²) < 4.78 is 5.97. The van der Waals surface area contributed by atoms with Gasteiger partial charge in [0.2, 0.25) is 0 Å². The van der Waals surface area contributed by atoms with Gasteiger partial charge in [-0.15, -0.1) is 0 Å². The minimum absolute atomic E-state index is 0.00848. The van der Waals surface area contributed by atoms with Gasteiger partial charge in [0, 0.05) is 50.9 Å². The third-order valence-corrected chi connectivity index (χ3v) is 7.73. The molecule has 0 saturated carbocycles. The Kier molecular flexibility index (Phi) is 7.42. The summed E-state index contributed by atoms with van der Waals surface area (Å²) in [6.45, 7) is 0. The summed E-state index contributed by atoms with van der Waals surface area (Å²) in [5.74, 6) is 0.775. The summed E-state index contributed by atoms with van der Waals surface area (Å²) in [5.41, 5.74) is 3.42. The highest BCUT2D eigenvalue weighted by Crippen LogP contribution is 2.37. The minimum atomic E-state index is -0.457. The maximum absolute atomic E-state index is 13.8. The van der Waals surface area contributed by atoms with Crippen molar-refractivity contribution in [1.29, 1.82) is 0 Å². The van der Waals surface area contributed by atoms with E-state index in [0.29, 0.717) is 28.3 Å². The van der Waals surface area contributed by atoms with E-state index in [-0.39, 0.29) is 17.3 Å². The summed E-state index contributed by atoms with van der Waals surface area (Å²) in [6, 6.07) is 33.1. The first-order chi connectivity index (χ1) is 20.9. The van der Waals surface area contributed by atoms with Gasteiger partial charge in [0.1, 0.15) is 11.5 Å². The number of amides is 1. The molecule has 4 aromatic carbocycles. The van der Waals surface area contributed by atoms with E-state index in [1.54, 1.807) is 47.4 Å². The van der Waals surface area contributed by atoms with E-state index in [0.717, 1.165) is 21.1 Å². The van der Waals surface area contributed by atoms with E-state index in [1.807, 2.05) is 60.7 Å². The van der Waals surface area contributed by atoms with Crippen molar-refractivity contribution in [3.63, 3.8) is 0 Å². The summed E-state index contributed by atoms with van der Waals surface area (Å²) in [4.78, 5) is 38.2. The van der Waals surface area contributed by atoms with Crippen LogP contribution in [0.15, 0.2) is 141 Å². The molecule has 1 aromatic heterocycles. The third-order valence-electron chi connectivity index (χ3n) is 6.72. The Morgan fingerprint density at radius 3 is 1.86 bits per heavy atom. The average molecular weight is 588 g/mol. The Bertz CT molecular complexity index is 1900. The van der Waals surface area contributed by atoms with Gasteiger partial charge >= 0.3 is 0 Å². The van der Waals surface area contributed by atoms with Crippen molar-refractivity contribution in [2.75, 3.05) is 4.90 Å². The highest BCUT2D eigenvalue weighted by molar-refractivity contribution is 7.99. The van der Waals surface area contributed by atoms with Crippen LogP contribution in [0.2, 0.25) is 0 Å². The zero-order valence-electron chi connectivity index (χ0n) is 22.3. The van der Waals surface area contributed by atoms with Crippen LogP contribution in [-0.4, -0.2) is 15.8 Å². The highest BCUT2D eigenvalue weighted by atomic mass is 32.2. The molecule has 0 atom stereocenters. The number of benzene rings is 4. The monoisotopic (exact) mass is 587 g/mol. The van der Waals surface area contributed by atoms with Crippen LogP contribution in [0.25, 0.3) is 23.1 Å². The van der Waals surface area contributed by atoms with Gasteiger partial charge in [-0.05, 0) is 78.4 Å². The van der Waals surface area contributed by atoms with Crippen LogP contribution < -0.4 is 4.90 Å². The molecule has 10 heteroatoms.